The first-order valence-electron chi connectivity index (χ1n) is 6.77. The molecule has 0 aliphatic rings. The average molecular weight is 293 g/mol. The molecule has 0 aliphatic heterocycles. The van der Waals surface area contributed by atoms with Crippen molar-refractivity contribution in [3.63, 3.8) is 0 Å². The molecule has 1 aromatic heterocycles. The molecule has 1 unspecified atom stereocenters. The second-order valence-corrected chi connectivity index (χ2v) is 5.75. The van der Waals surface area contributed by atoms with Crippen LogP contribution in [0.2, 0.25) is 0 Å². The van der Waals surface area contributed by atoms with Crippen LogP contribution in [0.25, 0.3) is 0 Å². The van der Waals surface area contributed by atoms with Crippen LogP contribution in [0.1, 0.15) is 35.4 Å². The van der Waals surface area contributed by atoms with Gasteiger partial charge in [0, 0.05) is 0 Å². The maximum atomic E-state index is 13.7. The van der Waals surface area contributed by atoms with Crippen LogP contribution < -0.4 is 10.1 Å². The van der Waals surface area contributed by atoms with E-state index in [4.69, 9.17) is 4.74 Å². The first-order valence-corrected chi connectivity index (χ1v) is 7.65. The minimum Gasteiger partial charge on any atom is -0.496 e. The number of thiophene rings is 1. The minimum absolute atomic E-state index is 0.0284. The lowest BCUT2D eigenvalue weighted by atomic mass is 10.0. The normalized spacial score (nSPS) is 12.4. The van der Waals surface area contributed by atoms with Crippen LogP contribution in [0.5, 0.6) is 5.75 Å². The number of benzene rings is 1. The van der Waals surface area contributed by atoms with E-state index >= 15 is 0 Å². The summed E-state index contributed by atoms with van der Waals surface area (Å²) in [5, 5.41) is 5.48. The second-order valence-electron chi connectivity index (χ2n) is 4.80. The summed E-state index contributed by atoms with van der Waals surface area (Å²) in [4.78, 5) is 1.09. The lowest BCUT2D eigenvalue weighted by molar-refractivity contribution is 0.407. The maximum absolute atomic E-state index is 13.7. The van der Waals surface area contributed by atoms with Crippen molar-refractivity contribution < 1.29 is 9.13 Å². The van der Waals surface area contributed by atoms with E-state index in [1.807, 2.05) is 24.4 Å². The summed E-state index contributed by atoms with van der Waals surface area (Å²) in [7, 11) is 1.67. The first kappa shape index (κ1) is 15.0. The van der Waals surface area contributed by atoms with Gasteiger partial charge in [-0.1, -0.05) is 13.0 Å². The zero-order valence-corrected chi connectivity index (χ0v) is 12.9. The molecule has 1 N–H and O–H groups in total. The van der Waals surface area contributed by atoms with Crippen molar-refractivity contribution >= 4 is 11.3 Å². The molecule has 2 rings (SSSR count). The molecule has 0 spiro atoms. The van der Waals surface area contributed by atoms with Crippen LogP contribution in [0.3, 0.4) is 0 Å². The maximum Gasteiger partial charge on any atom is 0.134 e. The van der Waals surface area contributed by atoms with Crippen molar-refractivity contribution in [1.82, 2.24) is 5.32 Å². The average Bonchev–Trinajstić information content (AvgIpc) is 2.86. The van der Waals surface area contributed by atoms with Crippen molar-refractivity contribution in [1.29, 1.82) is 0 Å². The summed E-state index contributed by atoms with van der Waals surface area (Å²) < 4.78 is 19.1. The Morgan fingerprint density at radius 3 is 2.80 bits per heavy atom. The van der Waals surface area contributed by atoms with E-state index in [0.29, 0.717) is 0 Å². The van der Waals surface area contributed by atoms with Gasteiger partial charge in [0.25, 0.3) is 0 Å². The van der Waals surface area contributed by atoms with E-state index in [-0.39, 0.29) is 11.9 Å². The summed E-state index contributed by atoms with van der Waals surface area (Å²) in [6.45, 7) is 4.91. The lowest BCUT2D eigenvalue weighted by Crippen LogP contribution is -2.23. The molecule has 0 amide bonds. The van der Waals surface area contributed by atoms with E-state index in [1.54, 1.807) is 30.6 Å². The van der Waals surface area contributed by atoms with Gasteiger partial charge in [0.05, 0.1) is 18.0 Å². The molecule has 2 nitrogen and oxygen atoms in total. The topological polar surface area (TPSA) is 21.3 Å². The highest BCUT2D eigenvalue weighted by atomic mass is 32.1. The number of nitrogens with one attached hydrogen (secondary N) is 1. The Bertz CT molecular complexity index is 547. The Hall–Kier alpha value is -1.39. The summed E-state index contributed by atoms with van der Waals surface area (Å²) in [5.74, 6) is 0.657. The highest BCUT2D eigenvalue weighted by Gasteiger charge is 2.20. The zero-order valence-electron chi connectivity index (χ0n) is 12.1. The van der Waals surface area contributed by atoms with Crippen molar-refractivity contribution in [2.75, 3.05) is 13.7 Å². The molecule has 0 aliphatic carbocycles. The zero-order chi connectivity index (χ0) is 14.5. The van der Waals surface area contributed by atoms with Crippen LogP contribution in [-0.4, -0.2) is 13.7 Å². The minimum atomic E-state index is -0.196. The van der Waals surface area contributed by atoms with E-state index in [0.717, 1.165) is 34.7 Å². The van der Waals surface area contributed by atoms with E-state index in [9.17, 15) is 4.39 Å². The van der Waals surface area contributed by atoms with Gasteiger partial charge in [0.15, 0.2) is 0 Å². The van der Waals surface area contributed by atoms with Gasteiger partial charge in [-0.05, 0) is 54.6 Å². The molecule has 0 bridgehead atoms. The number of hydrogen-bond acceptors (Lipinski definition) is 3. The van der Waals surface area contributed by atoms with Crippen molar-refractivity contribution in [2.24, 2.45) is 0 Å². The van der Waals surface area contributed by atoms with E-state index in [2.05, 4.69) is 12.2 Å². The van der Waals surface area contributed by atoms with Gasteiger partial charge in [-0.25, -0.2) is 4.39 Å². The number of hydrogen-bond donors (Lipinski definition) is 1. The molecule has 4 heteroatoms. The molecule has 108 valence electrons. The molecule has 1 aromatic carbocycles. The highest BCUT2D eigenvalue weighted by Crippen LogP contribution is 2.35. The fourth-order valence-corrected chi connectivity index (χ4v) is 3.23. The summed E-state index contributed by atoms with van der Waals surface area (Å²) in [6.07, 6.45) is 1.03. The van der Waals surface area contributed by atoms with Gasteiger partial charge in [-0.2, -0.15) is 0 Å². The van der Waals surface area contributed by atoms with Crippen LogP contribution in [0.4, 0.5) is 4.39 Å². The van der Waals surface area contributed by atoms with Gasteiger partial charge >= 0.3 is 0 Å². The predicted octanol–water partition coefficient (Wildman–Crippen LogP) is 4.29. The molecule has 1 atom stereocenters. The molecule has 1 heterocycles. The van der Waals surface area contributed by atoms with Gasteiger partial charge in [-0.3, -0.25) is 0 Å². The Kier molecular flexibility index (Phi) is 5.15. The van der Waals surface area contributed by atoms with Crippen LogP contribution >= 0.6 is 11.3 Å². The number of ether oxygens (including phenoxy) is 1. The Morgan fingerprint density at radius 1 is 1.35 bits per heavy atom. The summed E-state index contributed by atoms with van der Waals surface area (Å²) >= 11 is 1.63. The van der Waals surface area contributed by atoms with Gasteiger partial charge in [0.1, 0.15) is 11.6 Å². The monoisotopic (exact) mass is 293 g/mol. The number of rotatable bonds is 6. The first-order chi connectivity index (χ1) is 9.65. The third kappa shape index (κ3) is 3.38. The van der Waals surface area contributed by atoms with Crippen LogP contribution in [0, 0.1) is 12.7 Å². The molecule has 0 radical (unpaired) electrons. The molecule has 0 saturated heterocycles. The SMILES string of the molecule is CCCNC(c1cc(C)cc(F)c1)c1sccc1OC. The van der Waals surface area contributed by atoms with Crippen molar-refractivity contribution in [2.45, 2.75) is 26.3 Å². The molecule has 0 saturated carbocycles. The van der Waals surface area contributed by atoms with Crippen molar-refractivity contribution in [3.05, 3.63) is 51.5 Å². The molecular weight excluding hydrogens is 273 g/mol. The Labute approximate surface area is 123 Å². The van der Waals surface area contributed by atoms with Crippen LogP contribution in [-0.2, 0) is 0 Å². The fraction of sp³-hybridized carbons (Fsp3) is 0.375. The van der Waals surface area contributed by atoms with Crippen LogP contribution in [0.15, 0.2) is 29.6 Å². The van der Waals surface area contributed by atoms with Gasteiger partial charge in [0.2, 0.25) is 0 Å². The molecule has 20 heavy (non-hydrogen) atoms. The quantitative estimate of drug-likeness (QED) is 0.857. The fourth-order valence-electron chi connectivity index (χ4n) is 2.27. The number of aryl methyl sites for hydroxylation is 1. The molecule has 2 aromatic rings. The summed E-state index contributed by atoms with van der Waals surface area (Å²) in [6, 6.07) is 7.09. The number of methoxy groups -OCH3 is 1. The van der Waals surface area contributed by atoms with Gasteiger partial charge < -0.3 is 10.1 Å². The molecular formula is C16H20FNOS. The third-order valence-corrected chi connectivity index (χ3v) is 4.10. The predicted molar refractivity (Wildman–Crippen MR) is 82.1 cm³/mol. The lowest BCUT2D eigenvalue weighted by Gasteiger charge is -2.19. The highest BCUT2D eigenvalue weighted by molar-refractivity contribution is 7.10. The second kappa shape index (κ2) is 6.86. The van der Waals surface area contributed by atoms with Crippen molar-refractivity contribution in [3.8, 4) is 5.75 Å². The summed E-state index contributed by atoms with van der Waals surface area (Å²) in [5.41, 5.74) is 1.87. The number of halogens is 1. The van der Waals surface area contributed by atoms with E-state index < -0.39 is 0 Å². The van der Waals surface area contributed by atoms with E-state index in [1.165, 1.54) is 0 Å². The molecule has 0 fully saturated rings. The standard InChI is InChI=1S/C16H20FNOS/c1-4-6-18-15(16-14(19-3)5-7-20-16)12-8-11(2)9-13(17)10-12/h5,7-10,15,18H,4,6H2,1-3H3. The van der Waals surface area contributed by atoms with Gasteiger partial charge in [-0.15, -0.1) is 11.3 Å². The Balaban J connectivity index is 2.41. The third-order valence-electron chi connectivity index (χ3n) is 3.14. The Morgan fingerprint density at radius 2 is 2.15 bits per heavy atom. The smallest absolute Gasteiger partial charge is 0.134 e. The largest absolute Gasteiger partial charge is 0.496 e.